The molecule has 4 N–H and O–H groups in total. The summed E-state index contributed by atoms with van der Waals surface area (Å²) in [5.74, 6) is -1.63. The first kappa shape index (κ1) is 23.2. The van der Waals surface area contributed by atoms with E-state index < -0.39 is 17.8 Å². The summed E-state index contributed by atoms with van der Waals surface area (Å²) in [6, 6.07) is 10.8. The highest BCUT2D eigenvalue weighted by Crippen LogP contribution is 2.30. The number of halogens is 2. The van der Waals surface area contributed by atoms with E-state index in [0.29, 0.717) is 17.0 Å². The van der Waals surface area contributed by atoms with Crippen molar-refractivity contribution in [2.45, 2.75) is 13.5 Å². The Labute approximate surface area is 193 Å². The SMILES string of the molecule is COc1ccc(NC(=O)c2[nH]c(C)c(Cl)c2Cl)c(C(=O)NCc2ccc(C(=O)O)cc2)c1. The number of aromatic carboxylic acids is 1. The number of carbonyl (C=O) groups is 3. The second-order valence-corrected chi connectivity index (χ2v) is 7.56. The van der Waals surface area contributed by atoms with Gasteiger partial charge in [0.05, 0.1) is 34.0 Å². The Bertz CT molecular complexity index is 1190. The summed E-state index contributed by atoms with van der Waals surface area (Å²) in [6.07, 6.45) is 0. The molecule has 1 aromatic heterocycles. The van der Waals surface area contributed by atoms with Crippen molar-refractivity contribution in [3.63, 3.8) is 0 Å². The van der Waals surface area contributed by atoms with E-state index in [0.717, 1.165) is 0 Å². The lowest BCUT2D eigenvalue weighted by atomic mass is 10.1. The van der Waals surface area contributed by atoms with E-state index >= 15 is 0 Å². The van der Waals surface area contributed by atoms with Crippen molar-refractivity contribution in [2.75, 3.05) is 12.4 Å². The third-order valence-electron chi connectivity index (χ3n) is 4.65. The number of rotatable bonds is 7. The molecule has 8 nitrogen and oxygen atoms in total. The van der Waals surface area contributed by atoms with E-state index in [9.17, 15) is 14.4 Å². The van der Waals surface area contributed by atoms with E-state index in [1.807, 2.05) is 0 Å². The third kappa shape index (κ3) is 5.04. The van der Waals surface area contributed by atoms with Gasteiger partial charge in [-0.1, -0.05) is 35.3 Å². The van der Waals surface area contributed by atoms with Gasteiger partial charge < -0.3 is 25.5 Å². The molecular weight excluding hydrogens is 457 g/mol. The zero-order valence-corrected chi connectivity index (χ0v) is 18.6. The van der Waals surface area contributed by atoms with Crippen LogP contribution in [0.25, 0.3) is 0 Å². The van der Waals surface area contributed by atoms with E-state index in [-0.39, 0.29) is 39.1 Å². The normalized spacial score (nSPS) is 10.5. The van der Waals surface area contributed by atoms with Crippen LogP contribution in [0.2, 0.25) is 10.0 Å². The summed E-state index contributed by atoms with van der Waals surface area (Å²) >= 11 is 12.2. The maximum absolute atomic E-state index is 12.9. The van der Waals surface area contributed by atoms with Crippen LogP contribution in [0.1, 0.15) is 42.5 Å². The van der Waals surface area contributed by atoms with Crippen LogP contribution in [-0.2, 0) is 6.54 Å². The summed E-state index contributed by atoms with van der Waals surface area (Å²) in [6.45, 7) is 1.83. The number of H-pyrrole nitrogens is 1. The van der Waals surface area contributed by atoms with Crippen LogP contribution in [0, 0.1) is 6.92 Å². The van der Waals surface area contributed by atoms with E-state index in [4.69, 9.17) is 33.0 Å². The molecule has 0 radical (unpaired) electrons. The lowest BCUT2D eigenvalue weighted by Gasteiger charge is -2.13. The van der Waals surface area contributed by atoms with Gasteiger partial charge in [0.15, 0.2) is 0 Å². The average molecular weight is 476 g/mol. The molecule has 0 saturated carbocycles. The number of hydrogen-bond donors (Lipinski definition) is 4. The largest absolute Gasteiger partial charge is 0.497 e. The van der Waals surface area contributed by atoms with E-state index in [1.54, 1.807) is 31.2 Å². The highest BCUT2D eigenvalue weighted by molar-refractivity contribution is 6.44. The van der Waals surface area contributed by atoms with Gasteiger partial charge in [-0.25, -0.2) is 4.79 Å². The number of benzene rings is 2. The lowest BCUT2D eigenvalue weighted by molar-refractivity contribution is 0.0696. The van der Waals surface area contributed by atoms with Crippen LogP contribution in [0.4, 0.5) is 5.69 Å². The van der Waals surface area contributed by atoms with E-state index in [2.05, 4.69) is 15.6 Å². The highest BCUT2D eigenvalue weighted by Gasteiger charge is 2.21. The van der Waals surface area contributed by atoms with Gasteiger partial charge in [-0.3, -0.25) is 9.59 Å². The molecule has 2 amide bonds. The minimum atomic E-state index is -1.03. The zero-order valence-electron chi connectivity index (χ0n) is 17.1. The lowest BCUT2D eigenvalue weighted by Crippen LogP contribution is -2.25. The Hall–Kier alpha value is -3.49. The number of nitrogens with one attached hydrogen (secondary N) is 3. The first-order valence-electron chi connectivity index (χ1n) is 9.34. The van der Waals surface area contributed by atoms with Gasteiger partial charge in [-0.2, -0.15) is 0 Å². The fourth-order valence-electron chi connectivity index (χ4n) is 2.90. The van der Waals surface area contributed by atoms with E-state index in [1.165, 1.54) is 25.3 Å². The number of aromatic nitrogens is 1. The molecule has 166 valence electrons. The number of aromatic amines is 1. The Kier molecular flexibility index (Phi) is 7.07. The first-order valence-corrected chi connectivity index (χ1v) is 10.1. The van der Waals surface area contributed by atoms with Crippen LogP contribution in [0.15, 0.2) is 42.5 Å². The molecule has 2 aromatic carbocycles. The molecule has 0 aliphatic rings. The van der Waals surface area contributed by atoms with Crippen molar-refractivity contribution < 1.29 is 24.2 Å². The molecule has 0 unspecified atom stereocenters. The quantitative estimate of drug-likeness (QED) is 0.400. The fourth-order valence-corrected chi connectivity index (χ4v) is 3.32. The maximum atomic E-state index is 12.9. The third-order valence-corrected chi connectivity index (χ3v) is 5.60. The van der Waals surface area contributed by atoms with Gasteiger partial charge in [-0.15, -0.1) is 0 Å². The second-order valence-electron chi connectivity index (χ2n) is 6.80. The number of carboxylic acid groups (broad SMARTS) is 1. The molecule has 3 aromatic rings. The number of methoxy groups -OCH3 is 1. The molecule has 0 aliphatic heterocycles. The predicted octanol–water partition coefficient (Wildman–Crippen LogP) is 4.52. The summed E-state index contributed by atoms with van der Waals surface area (Å²) in [5.41, 5.74) is 1.90. The van der Waals surface area contributed by atoms with Crippen LogP contribution in [0.5, 0.6) is 5.75 Å². The van der Waals surface area contributed by atoms with Gasteiger partial charge in [0.25, 0.3) is 11.8 Å². The van der Waals surface area contributed by atoms with Crippen LogP contribution < -0.4 is 15.4 Å². The molecule has 0 atom stereocenters. The topological polar surface area (TPSA) is 121 Å². The van der Waals surface area contributed by atoms with Gasteiger partial charge in [0, 0.05) is 12.2 Å². The second kappa shape index (κ2) is 9.76. The molecule has 0 saturated heterocycles. The van der Waals surface area contributed by atoms with Crippen LogP contribution in [-0.4, -0.2) is 35.0 Å². The summed E-state index contributed by atoms with van der Waals surface area (Å²) < 4.78 is 5.19. The summed E-state index contributed by atoms with van der Waals surface area (Å²) in [5, 5.41) is 14.7. The first-order chi connectivity index (χ1) is 15.2. The number of aryl methyl sites for hydroxylation is 1. The van der Waals surface area contributed by atoms with Crippen molar-refractivity contribution in [1.29, 1.82) is 0 Å². The monoisotopic (exact) mass is 475 g/mol. The minimum absolute atomic E-state index is 0.0786. The predicted molar refractivity (Wildman–Crippen MR) is 121 cm³/mol. The van der Waals surface area contributed by atoms with Gasteiger partial charge in [0.2, 0.25) is 0 Å². The number of carboxylic acids is 1. The van der Waals surface area contributed by atoms with Crippen molar-refractivity contribution in [1.82, 2.24) is 10.3 Å². The molecular formula is C22H19Cl2N3O5. The van der Waals surface area contributed by atoms with Crippen molar-refractivity contribution >= 4 is 46.7 Å². The Morgan fingerprint density at radius 2 is 1.72 bits per heavy atom. The number of hydrogen-bond acceptors (Lipinski definition) is 4. The van der Waals surface area contributed by atoms with Crippen LogP contribution >= 0.6 is 23.2 Å². The standard InChI is InChI=1S/C22H19Cl2N3O5/c1-11-17(23)18(24)19(26-11)21(29)27-16-8-7-14(32-2)9-15(16)20(28)25-10-12-3-5-13(6-4-12)22(30)31/h3-9,26H,10H2,1-2H3,(H,25,28)(H,27,29)(H,30,31). The fraction of sp³-hybridized carbons (Fsp3) is 0.136. The van der Waals surface area contributed by atoms with Gasteiger partial charge >= 0.3 is 5.97 Å². The van der Waals surface area contributed by atoms with Crippen molar-refractivity contribution in [2.24, 2.45) is 0 Å². The van der Waals surface area contributed by atoms with Crippen molar-refractivity contribution in [3.8, 4) is 5.75 Å². The number of carbonyl (C=O) groups excluding carboxylic acids is 2. The Morgan fingerprint density at radius 1 is 1.03 bits per heavy atom. The average Bonchev–Trinajstić information content (AvgIpc) is 3.05. The molecule has 0 bridgehead atoms. The maximum Gasteiger partial charge on any atom is 0.335 e. The highest BCUT2D eigenvalue weighted by atomic mass is 35.5. The Balaban J connectivity index is 1.80. The van der Waals surface area contributed by atoms with Gasteiger partial charge in [-0.05, 0) is 42.8 Å². The molecule has 3 rings (SSSR count). The number of amides is 2. The zero-order chi connectivity index (χ0) is 23.4. The van der Waals surface area contributed by atoms with Crippen LogP contribution in [0.3, 0.4) is 0 Å². The summed E-state index contributed by atoms with van der Waals surface area (Å²) in [7, 11) is 1.46. The molecule has 1 heterocycles. The summed E-state index contributed by atoms with van der Waals surface area (Å²) in [4.78, 5) is 39.3. The molecule has 0 aliphatic carbocycles. The minimum Gasteiger partial charge on any atom is -0.497 e. The molecule has 32 heavy (non-hydrogen) atoms. The molecule has 0 fully saturated rings. The molecule has 10 heteroatoms. The number of anilines is 1. The molecule has 0 spiro atoms. The smallest absolute Gasteiger partial charge is 0.335 e. The number of ether oxygens (including phenoxy) is 1. The van der Waals surface area contributed by atoms with Gasteiger partial charge in [0.1, 0.15) is 11.4 Å². The Morgan fingerprint density at radius 3 is 2.28 bits per heavy atom. The van der Waals surface area contributed by atoms with Crippen molar-refractivity contribution in [3.05, 3.63) is 80.6 Å².